The van der Waals surface area contributed by atoms with Crippen LogP contribution in [-0.2, 0) is 13.6 Å². The van der Waals surface area contributed by atoms with Crippen molar-refractivity contribution in [3.8, 4) is 0 Å². The summed E-state index contributed by atoms with van der Waals surface area (Å²) in [7, 11) is 1.80. The van der Waals surface area contributed by atoms with Crippen LogP contribution in [0.1, 0.15) is 21.5 Å². The molecule has 0 aliphatic rings. The van der Waals surface area contributed by atoms with Gasteiger partial charge in [0, 0.05) is 25.4 Å². The van der Waals surface area contributed by atoms with Crippen LogP contribution in [0.2, 0.25) is 0 Å². The van der Waals surface area contributed by atoms with E-state index in [4.69, 9.17) is 0 Å². The third kappa shape index (κ3) is 2.74. The molecule has 1 aromatic heterocycles. The molecule has 4 nitrogen and oxygen atoms in total. The van der Waals surface area contributed by atoms with E-state index in [9.17, 15) is 9.18 Å². The van der Waals surface area contributed by atoms with Gasteiger partial charge in [0.1, 0.15) is 5.82 Å². The Labute approximate surface area is 104 Å². The summed E-state index contributed by atoms with van der Waals surface area (Å²) >= 11 is 0. The second kappa shape index (κ2) is 5.00. The molecular weight excluding hydrogens is 233 g/mol. The average molecular weight is 247 g/mol. The molecule has 18 heavy (non-hydrogen) atoms. The molecule has 1 aromatic carbocycles. The van der Waals surface area contributed by atoms with Gasteiger partial charge >= 0.3 is 0 Å². The van der Waals surface area contributed by atoms with Crippen LogP contribution in [0.15, 0.2) is 30.6 Å². The summed E-state index contributed by atoms with van der Waals surface area (Å²) in [5.74, 6) is -0.927. The van der Waals surface area contributed by atoms with E-state index in [2.05, 4.69) is 10.4 Å². The Morgan fingerprint density at radius 3 is 2.94 bits per heavy atom. The van der Waals surface area contributed by atoms with Gasteiger partial charge in [0.15, 0.2) is 0 Å². The van der Waals surface area contributed by atoms with Crippen LogP contribution in [0.3, 0.4) is 0 Å². The highest BCUT2D eigenvalue weighted by Gasteiger charge is 2.11. The predicted molar refractivity (Wildman–Crippen MR) is 65.5 cm³/mol. The molecule has 94 valence electrons. The lowest BCUT2D eigenvalue weighted by Gasteiger charge is -2.05. The number of halogens is 1. The predicted octanol–water partition coefficient (Wildman–Crippen LogP) is 1.80. The Morgan fingerprint density at radius 1 is 1.50 bits per heavy atom. The monoisotopic (exact) mass is 247 g/mol. The molecule has 0 saturated heterocycles. The summed E-state index contributed by atoms with van der Waals surface area (Å²) in [5, 5.41) is 6.65. The van der Waals surface area contributed by atoms with Crippen LogP contribution < -0.4 is 5.32 Å². The average Bonchev–Trinajstić information content (AvgIpc) is 2.75. The first kappa shape index (κ1) is 12.3. The Morgan fingerprint density at radius 2 is 2.28 bits per heavy atom. The van der Waals surface area contributed by atoms with Gasteiger partial charge in [0.05, 0.1) is 11.8 Å². The van der Waals surface area contributed by atoms with Crippen LogP contribution >= 0.6 is 0 Å². The van der Waals surface area contributed by atoms with E-state index < -0.39 is 11.7 Å². The van der Waals surface area contributed by atoms with Crippen LogP contribution in [0.5, 0.6) is 0 Å². The number of rotatable bonds is 3. The summed E-state index contributed by atoms with van der Waals surface area (Å²) in [5.41, 5.74) is 1.79. The van der Waals surface area contributed by atoms with E-state index in [1.165, 1.54) is 12.1 Å². The van der Waals surface area contributed by atoms with Crippen molar-refractivity contribution in [3.05, 3.63) is 53.1 Å². The fraction of sp³-hybridized carbons (Fsp3) is 0.231. The molecule has 5 heteroatoms. The fourth-order valence-electron chi connectivity index (χ4n) is 1.65. The number of carbonyl (C=O) groups is 1. The molecule has 0 fully saturated rings. The highest BCUT2D eigenvalue weighted by atomic mass is 19.1. The molecule has 0 aliphatic heterocycles. The molecule has 0 bridgehead atoms. The minimum Gasteiger partial charge on any atom is -0.348 e. The lowest BCUT2D eigenvalue weighted by atomic mass is 10.1. The van der Waals surface area contributed by atoms with Crippen molar-refractivity contribution < 1.29 is 9.18 Å². The molecule has 0 unspecified atom stereocenters. The SMILES string of the molecule is Cc1ccc(F)c(C(=O)NCc2cnn(C)c2)c1. The van der Waals surface area contributed by atoms with Gasteiger partial charge in [-0.3, -0.25) is 9.48 Å². The largest absolute Gasteiger partial charge is 0.348 e. The summed E-state index contributed by atoms with van der Waals surface area (Å²) in [6, 6.07) is 4.47. The maximum atomic E-state index is 13.5. The van der Waals surface area contributed by atoms with Gasteiger partial charge < -0.3 is 5.32 Å². The van der Waals surface area contributed by atoms with Crippen molar-refractivity contribution in [3.63, 3.8) is 0 Å². The third-order valence-electron chi connectivity index (χ3n) is 2.58. The molecule has 1 heterocycles. The second-order valence-corrected chi connectivity index (χ2v) is 4.19. The molecule has 1 N–H and O–H groups in total. The molecule has 2 rings (SSSR count). The maximum absolute atomic E-state index is 13.5. The minimum atomic E-state index is -0.510. The fourth-order valence-corrected chi connectivity index (χ4v) is 1.65. The lowest BCUT2D eigenvalue weighted by molar-refractivity contribution is 0.0947. The van der Waals surface area contributed by atoms with E-state index in [0.717, 1.165) is 11.1 Å². The van der Waals surface area contributed by atoms with Crippen molar-refractivity contribution in [2.24, 2.45) is 7.05 Å². The Hall–Kier alpha value is -2.17. The number of aryl methyl sites for hydroxylation is 2. The van der Waals surface area contributed by atoms with Crippen LogP contribution in [0.4, 0.5) is 4.39 Å². The standard InChI is InChI=1S/C13H14FN3O/c1-9-3-4-12(14)11(5-9)13(18)15-6-10-7-16-17(2)8-10/h3-5,7-8H,6H2,1-2H3,(H,15,18). The molecular formula is C13H14FN3O. The van der Waals surface area contributed by atoms with E-state index in [0.29, 0.717) is 6.54 Å². The van der Waals surface area contributed by atoms with Gasteiger partial charge in [0.2, 0.25) is 0 Å². The molecule has 1 amide bonds. The number of benzene rings is 1. The Kier molecular flexibility index (Phi) is 3.41. The van der Waals surface area contributed by atoms with Crippen LogP contribution in [0, 0.1) is 12.7 Å². The number of amides is 1. The van der Waals surface area contributed by atoms with Gasteiger partial charge in [-0.2, -0.15) is 5.10 Å². The first-order chi connectivity index (χ1) is 8.56. The number of carbonyl (C=O) groups excluding carboxylic acids is 1. The lowest BCUT2D eigenvalue weighted by Crippen LogP contribution is -2.23. The number of hydrogen-bond donors (Lipinski definition) is 1. The molecule has 0 saturated carbocycles. The smallest absolute Gasteiger partial charge is 0.254 e. The normalized spacial score (nSPS) is 10.4. The van der Waals surface area contributed by atoms with Gasteiger partial charge in [-0.25, -0.2) is 4.39 Å². The summed E-state index contributed by atoms with van der Waals surface area (Å²) < 4.78 is 15.1. The van der Waals surface area contributed by atoms with Gasteiger partial charge in [0.25, 0.3) is 5.91 Å². The van der Waals surface area contributed by atoms with Crippen molar-refractivity contribution >= 4 is 5.91 Å². The topological polar surface area (TPSA) is 46.9 Å². The van der Waals surface area contributed by atoms with Gasteiger partial charge in [-0.05, 0) is 19.1 Å². The van der Waals surface area contributed by atoms with Gasteiger partial charge in [-0.15, -0.1) is 0 Å². The first-order valence-corrected chi connectivity index (χ1v) is 5.58. The zero-order valence-corrected chi connectivity index (χ0v) is 10.3. The molecule has 0 radical (unpaired) electrons. The highest BCUT2D eigenvalue weighted by Crippen LogP contribution is 2.10. The third-order valence-corrected chi connectivity index (χ3v) is 2.58. The maximum Gasteiger partial charge on any atom is 0.254 e. The molecule has 0 atom stereocenters. The van der Waals surface area contributed by atoms with Crippen LogP contribution in [-0.4, -0.2) is 15.7 Å². The first-order valence-electron chi connectivity index (χ1n) is 5.58. The van der Waals surface area contributed by atoms with Crippen molar-refractivity contribution in [1.82, 2.24) is 15.1 Å². The summed E-state index contributed by atoms with van der Waals surface area (Å²) in [6.07, 6.45) is 3.46. The Balaban J connectivity index is 2.05. The number of nitrogens with one attached hydrogen (secondary N) is 1. The van der Waals surface area contributed by atoms with Crippen molar-refractivity contribution in [2.75, 3.05) is 0 Å². The minimum absolute atomic E-state index is 0.0684. The molecule has 0 aliphatic carbocycles. The van der Waals surface area contributed by atoms with E-state index in [1.807, 2.05) is 6.92 Å². The zero-order chi connectivity index (χ0) is 13.1. The van der Waals surface area contributed by atoms with Gasteiger partial charge in [-0.1, -0.05) is 11.6 Å². The highest BCUT2D eigenvalue weighted by molar-refractivity contribution is 5.94. The van der Waals surface area contributed by atoms with Crippen molar-refractivity contribution in [1.29, 1.82) is 0 Å². The van der Waals surface area contributed by atoms with Crippen LogP contribution in [0.25, 0.3) is 0 Å². The summed E-state index contributed by atoms with van der Waals surface area (Å²) in [6.45, 7) is 2.15. The quantitative estimate of drug-likeness (QED) is 0.899. The second-order valence-electron chi connectivity index (χ2n) is 4.19. The number of nitrogens with zero attached hydrogens (tertiary/aromatic N) is 2. The number of aromatic nitrogens is 2. The van der Waals surface area contributed by atoms with E-state index in [1.54, 1.807) is 30.2 Å². The van der Waals surface area contributed by atoms with E-state index in [-0.39, 0.29) is 5.56 Å². The van der Waals surface area contributed by atoms with E-state index >= 15 is 0 Å². The van der Waals surface area contributed by atoms with Crippen molar-refractivity contribution in [2.45, 2.75) is 13.5 Å². The molecule has 2 aromatic rings. The zero-order valence-electron chi connectivity index (χ0n) is 10.3. The Bertz CT molecular complexity index is 577. The number of hydrogen-bond acceptors (Lipinski definition) is 2. The summed E-state index contributed by atoms with van der Waals surface area (Å²) in [4.78, 5) is 11.8. The molecule has 0 spiro atoms.